The second kappa shape index (κ2) is 5.62. The van der Waals surface area contributed by atoms with E-state index in [-0.39, 0.29) is 23.6 Å². The van der Waals surface area contributed by atoms with Crippen LogP contribution in [0.1, 0.15) is 10.4 Å². The molecule has 100 valence electrons. The first-order valence-electron chi connectivity index (χ1n) is 5.36. The summed E-state index contributed by atoms with van der Waals surface area (Å²) in [6.45, 7) is 0.634. The Labute approximate surface area is 113 Å². The van der Waals surface area contributed by atoms with Gasteiger partial charge in [0, 0.05) is 5.02 Å². The first-order valence-corrected chi connectivity index (χ1v) is 5.74. The molecule has 0 fully saturated rings. The minimum Gasteiger partial charge on any atom is -0.494 e. The molecule has 2 rings (SSSR count). The maximum absolute atomic E-state index is 11.8. The van der Waals surface area contributed by atoms with Gasteiger partial charge in [-0.1, -0.05) is 11.6 Å². The molecule has 0 saturated heterocycles. The van der Waals surface area contributed by atoms with Crippen LogP contribution in [-0.4, -0.2) is 30.2 Å². The van der Waals surface area contributed by atoms with Gasteiger partial charge in [0.25, 0.3) is 5.91 Å². The van der Waals surface area contributed by atoms with Crippen molar-refractivity contribution in [3.05, 3.63) is 40.8 Å². The number of carbonyl (C=O) groups excluding carboxylic acids is 1. The van der Waals surface area contributed by atoms with Crippen molar-refractivity contribution in [2.75, 3.05) is 18.5 Å². The molecule has 0 spiro atoms. The van der Waals surface area contributed by atoms with E-state index in [9.17, 15) is 9.59 Å². The molecule has 1 aromatic carbocycles. The van der Waals surface area contributed by atoms with E-state index >= 15 is 0 Å². The molecule has 0 aliphatic carbocycles. The van der Waals surface area contributed by atoms with Gasteiger partial charge in [-0.15, -0.1) is 0 Å². The predicted molar refractivity (Wildman–Crippen MR) is 67.0 cm³/mol. The van der Waals surface area contributed by atoms with E-state index in [0.717, 1.165) is 0 Å². The summed E-state index contributed by atoms with van der Waals surface area (Å²) in [4.78, 5) is 22.9. The summed E-state index contributed by atoms with van der Waals surface area (Å²) in [6, 6.07) is 4.10. The molecule has 1 amide bonds. The number of ether oxygens (including phenoxy) is 2. The summed E-state index contributed by atoms with van der Waals surface area (Å²) >= 11 is 5.78. The third-order valence-corrected chi connectivity index (χ3v) is 2.57. The fraction of sp³-hybridized carbons (Fsp3) is 0.167. The fourth-order valence-electron chi connectivity index (χ4n) is 1.48. The molecule has 2 N–H and O–H groups in total. The number of nitrogens with one attached hydrogen (secondary N) is 1. The first kappa shape index (κ1) is 13.2. The lowest BCUT2D eigenvalue weighted by Crippen LogP contribution is -2.22. The van der Waals surface area contributed by atoms with Gasteiger partial charge in [-0.2, -0.15) is 0 Å². The lowest BCUT2D eigenvalue weighted by Gasteiger charge is -2.15. The van der Waals surface area contributed by atoms with Gasteiger partial charge in [-0.3, -0.25) is 4.79 Å². The summed E-state index contributed by atoms with van der Waals surface area (Å²) in [7, 11) is 0. The molecule has 1 aliphatic rings. The maximum Gasteiger partial charge on any atom is 0.337 e. The van der Waals surface area contributed by atoms with Crippen LogP contribution in [0.3, 0.4) is 0 Å². The molecule has 7 heteroatoms. The van der Waals surface area contributed by atoms with E-state index in [4.69, 9.17) is 26.2 Å². The van der Waals surface area contributed by atoms with Crippen molar-refractivity contribution >= 4 is 29.2 Å². The Balaban J connectivity index is 2.22. The third-order valence-electron chi connectivity index (χ3n) is 2.33. The molecule has 0 atom stereocenters. The Morgan fingerprint density at radius 3 is 2.74 bits per heavy atom. The van der Waals surface area contributed by atoms with Crippen LogP contribution in [0.15, 0.2) is 30.2 Å². The molecular weight excluding hydrogens is 274 g/mol. The summed E-state index contributed by atoms with van der Waals surface area (Å²) < 4.78 is 10.0. The molecule has 1 aliphatic heterocycles. The molecule has 1 heterocycles. The van der Waals surface area contributed by atoms with Crippen LogP contribution in [0.25, 0.3) is 0 Å². The van der Waals surface area contributed by atoms with E-state index in [1.165, 1.54) is 24.5 Å². The van der Waals surface area contributed by atoms with E-state index < -0.39 is 11.9 Å². The Kier molecular flexibility index (Phi) is 3.91. The van der Waals surface area contributed by atoms with Gasteiger partial charge in [0.2, 0.25) is 5.76 Å². The van der Waals surface area contributed by atoms with Crippen molar-refractivity contribution < 1.29 is 24.2 Å². The van der Waals surface area contributed by atoms with Crippen molar-refractivity contribution in [1.29, 1.82) is 0 Å². The van der Waals surface area contributed by atoms with E-state index in [1.807, 2.05) is 0 Å². The Morgan fingerprint density at radius 1 is 1.32 bits per heavy atom. The number of carboxylic acids is 1. The molecule has 0 bridgehead atoms. The highest BCUT2D eigenvalue weighted by atomic mass is 35.5. The molecule has 0 radical (unpaired) electrons. The molecule has 0 saturated carbocycles. The lowest BCUT2D eigenvalue weighted by atomic mass is 10.2. The number of amides is 1. The second-order valence-electron chi connectivity index (χ2n) is 3.65. The lowest BCUT2D eigenvalue weighted by molar-refractivity contribution is -0.117. The number of benzene rings is 1. The summed E-state index contributed by atoms with van der Waals surface area (Å²) in [6.07, 6.45) is 1.18. The summed E-state index contributed by atoms with van der Waals surface area (Å²) in [5.41, 5.74) is 0.0372. The third kappa shape index (κ3) is 3.17. The Bertz CT molecular complexity index is 555. The van der Waals surface area contributed by atoms with Crippen LogP contribution in [0.2, 0.25) is 5.02 Å². The van der Waals surface area contributed by atoms with Crippen LogP contribution in [0.5, 0.6) is 0 Å². The molecule has 0 unspecified atom stereocenters. The van der Waals surface area contributed by atoms with E-state index in [0.29, 0.717) is 11.6 Å². The van der Waals surface area contributed by atoms with Crippen molar-refractivity contribution in [3.63, 3.8) is 0 Å². The quantitative estimate of drug-likeness (QED) is 0.884. The first-order chi connectivity index (χ1) is 9.08. The van der Waals surface area contributed by atoms with Crippen LogP contribution in [0, 0.1) is 0 Å². The van der Waals surface area contributed by atoms with Crippen molar-refractivity contribution in [2.45, 2.75) is 0 Å². The average molecular weight is 284 g/mol. The van der Waals surface area contributed by atoms with Gasteiger partial charge < -0.3 is 19.9 Å². The van der Waals surface area contributed by atoms with Gasteiger partial charge >= 0.3 is 5.97 Å². The van der Waals surface area contributed by atoms with Crippen LogP contribution >= 0.6 is 11.6 Å². The molecular formula is C12H10ClNO5. The molecule has 0 aromatic heterocycles. The predicted octanol–water partition coefficient (Wildman–Crippen LogP) is 1.86. The minimum absolute atomic E-state index is 0.0115. The van der Waals surface area contributed by atoms with Crippen molar-refractivity contribution in [2.24, 2.45) is 0 Å². The van der Waals surface area contributed by atoms with Crippen LogP contribution < -0.4 is 5.32 Å². The largest absolute Gasteiger partial charge is 0.494 e. The zero-order valence-electron chi connectivity index (χ0n) is 9.68. The number of rotatable bonds is 3. The standard InChI is InChI=1S/C12H10ClNO5/c13-7-1-2-8(12(16)17)9(5-7)14-11(15)10-6-18-3-4-19-10/h1-2,5-6H,3-4H2,(H,14,15)(H,16,17). The summed E-state index contributed by atoms with van der Waals surface area (Å²) in [5, 5.41) is 11.8. The smallest absolute Gasteiger partial charge is 0.337 e. The average Bonchev–Trinajstić information content (AvgIpc) is 2.39. The normalized spacial score (nSPS) is 13.8. The molecule has 6 nitrogen and oxygen atoms in total. The Morgan fingerprint density at radius 2 is 2.11 bits per heavy atom. The molecule has 1 aromatic rings. The summed E-state index contributed by atoms with van der Waals surface area (Å²) in [5.74, 6) is -1.77. The van der Waals surface area contributed by atoms with Gasteiger partial charge in [0.05, 0.1) is 11.3 Å². The highest BCUT2D eigenvalue weighted by Gasteiger charge is 2.18. The van der Waals surface area contributed by atoms with E-state index in [1.54, 1.807) is 0 Å². The van der Waals surface area contributed by atoms with Gasteiger partial charge in [-0.25, -0.2) is 4.79 Å². The van der Waals surface area contributed by atoms with Gasteiger partial charge in [-0.05, 0) is 18.2 Å². The highest BCUT2D eigenvalue weighted by molar-refractivity contribution is 6.31. The maximum atomic E-state index is 11.8. The fourth-order valence-corrected chi connectivity index (χ4v) is 1.65. The topological polar surface area (TPSA) is 84.9 Å². The van der Waals surface area contributed by atoms with Crippen LogP contribution in [-0.2, 0) is 14.3 Å². The zero-order chi connectivity index (χ0) is 13.8. The number of hydrogen-bond donors (Lipinski definition) is 2. The SMILES string of the molecule is O=C(Nc1cc(Cl)ccc1C(=O)O)C1=COCCO1. The number of aromatic carboxylic acids is 1. The monoisotopic (exact) mass is 283 g/mol. The van der Waals surface area contributed by atoms with Gasteiger partial charge in [0.15, 0.2) is 0 Å². The Hall–Kier alpha value is -2.21. The second-order valence-corrected chi connectivity index (χ2v) is 4.09. The number of carbonyl (C=O) groups is 2. The highest BCUT2D eigenvalue weighted by Crippen LogP contribution is 2.22. The minimum atomic E-state index is -1.17. The number of hydrogen-bond acceptors (Lipinski definition) is 4. The van der Waals surface area contributed by atoms with Gasteiger partial charge in [0.1, 0.15) is 19.5 Å². The number of carboxylic acid groups (broad SMARTS) is 1. The number of anilines is 1. The van der Waals surface area contributed by atoms with E-state index in [2.05, 4.69) is 5.32 Å². The number of halogens is 1. The molecule has 19 heavy (non-hydrogen) atoms. The van der Waals surface area contributed by atoms with Crippen molar-refractivity contribution in [1.82, 2.24) is 0 Å². The zero-order valence-corrected chi connectivity index (χ0v) is 10.4. The van der Waals surface area contributed by atoms with Crippen molar-refractivity contribution in [3.8, 4) is 0 Å². The van der Waals surface area contributed by atoms with Crippen LogP contribution in [0.4, 0.5) is 5.69 Å².